The molecule has 0 saturated heterocycles. The van der Waals surface area contributed by atoms with E-state index in [2.05, 4.69) is 111 Å². The molecule has 0 aliphatic rings. The summed E-state index contributed by atoms with van der Waals surface area (Å²) in [4.78, 5) is 24.5. The lowest BCUT2D eigenvalue weighted by molar-refractivity contribution is -0.161. The number of hydrogen-bond acceptors (Lipinski definition) is 5. The minimum absolute atomic E-state index is 0.0807. The molecule has 1 unspecified atom stereocenters. The average molecular weight is 889 g/mol. The highest BCUT2D eigenvalue weighted by molar-refractivity contribution is 5.70. The van der Waals surface area contributed by atoms with Crippen molar-refractivity contribution in [3.8, 4) is 0 Å². The Hall–Kier alpha value is -3.18. The molecule has 0 bridgehead atoms. The first kappa shape index (κ1) is 60.8. The van der Waals surface area contributed by atoms with E-state index in [0.29, 0.717) is 12.8 Å². The Labute approximate surface area is 396 Å². The predicted octanol–water partition coefficient (Wildman–Crippen LogP) is 18.0. The van der Waals surface area contributed by atoms with Gasteiger partial charge in [0.15, 0.2) is 6.10 Å². The van der Waals surface area contributed by atoms with Crippen LogP contribution in [-0.4, -0.2) is 36.4 Å². The fourth-order valence-electron chi connectivity index (χ4n) is 7.35. The number of unbranched alkanes of at least 4 members (excludes halogenated alkanes) is 24. The molecule has 366 valence electrons. The summed E-state index contributed by atoms with van der Waals surface area (Å²) in [5.41, 5.74) is 0. The number of rotatable bonds is 48. The highest BCUT2D eigenvalue weighted by Crippen LogP contribution is 2.15. The van der Waals surface area contributed by atoms with E-state index in [4.69, 9.17) is 9.47 Å². The molecule has 0 aliphatic heterocycles. The standard InChI is InChI=1S/C59H100O5/c1-3-5-7-9-11-13-15-17-19-21-23-25-27-28-29-30-32-33-35-37-39-41-43-45-47-49-51-53-58(61)63-56-57(55-60)64-59(62)54-52-50-48-46-44-42-40-38-36-34-31-26-24-22-20-18-16-14-12-10-8-6-4-2/h6,8,12,14-15,17-18,20-21,23-24,26,34,36,40,42,57,60H,3-5,7,9-11,13,16,19,22,25,27-33,35,37-39,41,43-56H2,1-2H3/b8-6-,14-12-,17-15-,20-18-,23-21-,26-24-,36-34-,42-40-. The summed E-state index contributed by atoms with van der Waals surface area (Å²) in [6, 6.07) is 0. The van der Waals surface area contributed by atoms with Crippen LogP contribution in [-0.2, 0) is 19.1 Å². The SMILES string of the molecule is CC/C=C\C/C=C\C/C=C\C/C=C\C/C=C\C/C=C\CCCCCCC(=O)OC(CO)COC(=O)CCCCCCCCCCCCCCCCC/C=C\C/C=C\CCCCCCC. The quantitative estimate of drug-likeness (QED) is 0.0374. The van der Waals surface area contributed by atoms with E-state index >= 15 is 0 Å². The molecule has 5 heteroatoms. The lowest BCUT2D eigenvalue weighted by atomic mass is 10.0. The van der Waals surface area contributed by atoms with Crippen molar-refractivity contribution in [3.05, 3.63) is 97.2 Å². The first-order chi connectivity index (χ1) is 31.6. The van der Waals surface area contributed by atoms with Crippen molar-refractivity contribution < 1.29 is 24.2 Å². The molecular weight excluding hydrogens is 789 g/mol. The van der Waals surface area contributed by atoms with Gasteiger partial charge in [-0.3, -0.25) is 9.59 Å². The van der Waals surface area contributed by atoms with Crippen LogP contribution in [0.3, 0.4) is 0 Å². The van der Waals surface area contributed by atoms with Crippen LogP contribution in [0.15, 0.2) is 97.2 Å². The van der Waals surface area contributed by atoms with E-state index in [1.807, 2.05) is 0 Å². The predicted molar refractivity (Wildman–Crippen MR) is 279 cm³/mol. The van der Waals surface area contributed by atoms with E-state index in [-0.39, 0.29) is 25.2 Å². The van der Waals surface area contributed by atoms with Crippen LogP contribution in [0.4, 0.5) is 0 Å². The molecule has 1 atom stereocenters. The Bertz CT molecular complexity index is 1230. The molecule has 0 aromatic rings. The monoisotopic (exact) mass is 889 g/mol. The third kappa shape index (κ3) is 51.5. The summed E-state index contributed by atoms with van der Waals surface area (Å²) in [7, 11) is 0. The summed E-state index contributed by atoms with van der Waals surface area (Å²) in [5.74, 6) is -0.620. The van der Waals surface area contributed by atoms with Crippen LogP contribution >= 0.6 is 0 Å². The largest absolute Gasteiger partial charge is 0.462 e. The van der Waals surface area contributed by atoms with Gasteiger partial charge in [0, 0.05) is 12.8 Å². The third-order valence-corrected chi connectivity index (χ3v) is 11.4. The van der Waals surface area contributed by atoms with Crippen molar-refractivity contribution in [1.82, 2.24) is 0 Å². The minimum Gasteiger partial charge on any atom is -0.462 e. The minimum atomic E-state index is -0.792. The zero-order valence-electron chi connectivity index (χ0n) is 41.8. The molecule has 1 N–H and O–H groups in total. The van der Waals surface area contributed by atoms with E-state index in [1.54, 1.807) is 0 Å². The molecule has 0 saturated carbocycles. The number of aliphatic hydroxyl groups excluding tert-OH is 1. The molecule has 64 heavy (non-hydrogen) atoms. The smallest absolute Gasteiger partial charge is 0.306 e. The van der Waals surface area contributed by atoms with E-state index in [1.165, 1.54) is 122 Å². The lowest BCUT2D eigenvalue weighted by Gasteiger charge is -2.15. The topological polar surface area (TPSA) is 72.8 Å². The van der Waals surface area contributed by atoms with E-state index in [9.17, 15) is 14.7 Å². The fourth-order valence-corrected chi connectivity index (χ4v) is 7.35. The molecule has 0 radical (unpaired) electrons. The highest BCUT2D eigenvalue weighted by Gasteiger charge is 2.16. The van der Waals surface area contributed by atoms with Crippen LogP contribution in [0.5, 0.6) is 0 Å². The van der Waals surface area contributed by atoms with Crippen molar-refractivity contribution in [3.63, 3.8) is 0 Å². The Morgan fingerprint density at radius 3 is 1.02 bits per heavy atom. The number of ether oxygens (including phenoxy) is 2. The number of allylic oxidation sites excluding steroid dienone is 16. The van der Waals surface area contributed by atoms with E-state index in [0.717, 1.165) is 96.3 Å². The molecule has 0 rings (SSSR count). The Morgan fingerprint density at radius 2 is 0.672 bits per heavy atom. The number of carbonyl (C=O) groups excluding carboxylic acids is 2. The molecule has 0 aliphatic carbocycles. The number of hydrogen-bond donors (Lipinski definition) is 1. The summed E-state index contributed by atoms with van der Waals surface area (Å²) < 4.78 is 10.7. The van der Waals surface area contributed by atoms with Crippen LogP contribution in [0, 0.1) is 0 Å². The number of aliphatic hydroxyl groups is 1. The second-order valence-electron chi connectivity index (χ2n) is 17.6. The molecule has 0 amide bonds. The molecule has 0 aromatic heterocycles. The van der Waals surface area contributed by atoms with Gasteiger partial charge in [-0.1, -0.05) is 233 Å². The Balaban J connectivity index is 3.56. The lowest BCUT2D eigenvalue weighted by Crippen LogP contribution is -2.28. The first-order valence-corrected chi connectivity index (χ1v) is 26.8. The van der Waals surface area contributed by atoms with Gasteiger partial charge in [0.05, 0.1) is 6.61 Å². The number of carbonyl (C=O) groups is 2. The molecule has 0 fully saturated rings. The van der Waals surface area contributed by atoms with Gasteiger partial charge in [-0.15, -0.1) is 0 Å². The van der Waals surface area contributed by atoms with Crippen molar-refractivity contribution in [2.75, 3.05) is 13.2 Å². The van der Waals surface area contributed by atoms with Crippen LogP contribution in [0.25, 0.3) is 0 Å². The van der Waals surface area contributed by atoms with Crippen LogP contribution in [0.2, 0.25) is 0 Å². The summed E-state index contributed by atoms with van der Waals surface area (Å²) >= 11 is 0. The van der Waals surface area contributed by atoms with Crippen molar-refractivity contribution >= 4 is 11.9 Å². The maximum absolute atomic E-state index is 12.3. The zero-order valence-corrected chi connectivity index (χ0v) is 41.8. The Kier molecular flexibility index (Phi) is 51.5. The normalized spacial score (nSPS) is 13.0. The summed E-state index contributed by atoms with van der Waals surface area (Å²) in [5, 5.41) is 9.64. The van der Waals surface area contributed by atoms with Crippen molar-refractivity contribution in [1.29, 1.82) is 0 Å². The van der Waals surface area contributed by atoms with Crippen LogP contribution in [0.1, 0.15) is 245 Å². The van der Waals surface area contributed by atoms with Gasteiger partial charge in [-0.05, 0) is 96.3 Å². The molecule has 0 spiro atoms. The van der Waals surface area contributed by atoms with Gasteiger partial charge in [-0.25, -0.2) is 0 Å². The summed E-state index contributed by atoms with van der Waals surface area (Å²) in [6.45, 7) is 4.00. The second-order valence-corrected chi connectivity index (χ2v) is 17.6. The Morgan fingerprint density at radius 1 is 0.375 bits per heavy atom. The zero-order chi connectivity index (χ0) is 46.3. The van der Waals surface area contributed by atoms with E-state index < -0.39 is 6.10 Å². The molecule has 5 nitrogen and oxygen atoms in total. The molecular formula is C59H100O5. The molecule has 0 heterocycles. The number of esters is 2. The first-order valence-electron chi connectivity index (χ1n) is 26.8. The third-order valence-electron chi connectivity index (χ3n) is 11.4. The second kappa shape index (κ2) is 54.2. The highest BCUT2D eigenvalue weighted by atomic mass is 16.6. The summed E-state index contributed by atoms with van der Waals surface area (Å²) in [6.07, 6.45) is 76.5. The van der Waals surface area contributed by atoms with Gasteiger partial charge in [0.1, 0.15) is 6.61 Å². The van der Waals surface area contributed by atoms with Gasteiger partial charge in [-0.2, -0.15) is 0 Å². The van der Waals surface area contributed by atoms with Gasteiger partial charge < -0.3 is 14.6 Å². The van der Waals surface area contributed by atoms with Gasteiger partial charge in [0.2, 0.25) is 0 Å². The van der Waals surface area contributed by atoms with Crippen molar-refractivity contribution in [2.45, 2.75) is 251 Å². The van der Waals surface area contributed by atoms with Gasteiger partial charge >= 0.3 is 11.9 Å². The molecule has 0 aromatic carbocycles. The van der Waals surface area contributed by atoms with Crippen LogP contribution < -0.4 is 0 Å². The fraction of sp³-hybridized carbons (Fsp3) is 0.695. The average Bonchev–Trinajstić information content (AvgIpc) is 3.30. The van der Waals surface area contributed by atoms with Gasteiger partial charge in [0.25, 0.3) is 0 Å². The maximum atomic E-state index is 12.3. The maximum Gasteiger partial charge on any atom is 0.306 e. The van der Waals surface area contributed by atoms with Crippen molar-refractivity contribution in [2.24, 2.45) is 0 Å².